The molecule has 66 valence electrons. The molecule has 0 unspecified atom stereocenters. The number of aryl methyl sites for hydroxylation is 1. The number of nitrogens with two attached hydrogens (primary N) is 1. The van der Waals surface area contributed by atoms with E-state index in [0.717, 1.165) is 0 Å². The Morgan fingerprint density at radius 1 is 1.62 bits per heavy atom. The molecule has 0 spiro atoms. The van der Waals surface area contributed by atoms with Gasteiger partial charge in [0.05, 0.1) is 16.8 Å². The first-order valence-corrected chi connectivity index (χ1v) is 3.60. The molecule has 4 nitrogen and oxygen atoms in total. The molecular weight excluding hydrogens is 168 g/mol. The van der Waals surface area contributed by atoms with Gasteiger partial charge in [0, 0.05) is 0 Å². The van der Waals surface area contributed by atoms with E-state index in [4.69, 9.17) is 16.1 Å². The average Bonchev–Trinajstić information content (AvgIpc) is 2.04. The van der Waals surface area contributed by atoms with E-state index >= 15 is 0 Å². The standard InChI is InChI=1S/C9H8N2O2/c1-5-2-3-6(4-10)8(11)7(5)9(12)13/h2-3H,11H2,1H3,(H,12,13). The molecule has 0 aliphatic heterocycles. The molecule has 0 aliphatic carbocycles. The van der Waals surface area contributed by atoms with Crippen LogP contribution in [-0.4, -0.2) is 11.1 Å². The molecule has 4 heteroatoms. The maximum absolute atomic E-state index is 10.7. The normalized spacial score (nSPS) is 9.23. The SMILES string of the molecule is Cc1ccc(C#N)c(N)c1C(=O)O. The molecule has 13 heavy (non-hydrogen) atoms. The molecule has 0 aromatic heterocycles. The van der Waals surface area contributed by atoms with Gasteiger partial charge in [-0.25, -0.2) is 4.79 Å². The minimum absolute atomic E-state index is 0.0130. The van der Waals surface area contributed by atoms with Crippen molar-refractivity contribution in [1.82, 2.24) is 0 Å². The highest BCUT2D eigenvalue weighted by atomic mass is 16.4. The molecule has 1 aromatic carbocycles. The lowest BCUT2D eigenvalue weighted by Crippen LogP contribution is -2.06. The molecule has 1 rings (SSSR count). The zero-order chi connectivity index (χ0) is 10.0. The second-order valence-corrected chi connectivity index (χ2v) is 2.64. The maximum atomic E-state index is 10.7. The predicted octanol–water partition coefficient (Wildman–Crippen LogP) is 1.15. The van der Waals surface area contributed by atoms with Crippen molar-refractivity contribution in [3.8, 4) is 6.07 Å². The van der Waals surface area contributed by atoms with Crippen molar-refractivity contribution < 1.29 is 9.90 Å². The number of benzene rings is 1. The van der Waals surface area contributed by atoms with Crippen molar-refractivity contribution in [1.29, 1.82) is 5.26 Å². The van der Waals surface area contributed by atoms with E-state index in [9.17, 15) is 4.79 Å². The van der Waals surface area contributed by atoms with Crippen LogP contribution in [0.5, 0.6) is 0 Å². The van der Waals surface area contributed by atoms with Gasteiger partial charge >= 0.3 is 5.97 Å². The summed E-state index contributed by atoms with van der Waals surface area (Å²) in [5.74, 6) is -1.10. The fourth-order valence-electron chi connectivity index (χ4n) is 1.11. The van der Waals surface area contributed by atoms with Crippen LogP contribution in [0.1, 0.15) is 21.5 Å². The lowest BCUT2D eigenvalue weighted by molar-refractivity contribution is 0.0697. The smallest absolute Gasteiger partial charge is 0.338 e. The first-order chi connectivity index (χ1) is 6.07. The van der Waals surface area contributed by atoms with Crippen LogP contribution in [0.2, 0.25) is 0 Å². The van der Waals surface area contributed by atoms with E-state index in [-0.39, 0.29) is 16.8 Å². The summed E-state index contributed by atoms with van der Waals surface area (Å²) in [4.78, 5) is 10.7. The molecule has 3 N–H and O–H groups in total. The number of hydrogen-bond donors (Lipinski definition) is 2. The van der Waals surface area contributed by atoms with E-state index in [1.807, 2.05) is 6.07 Å². The van der Waals surface area contributed by atoms with Crippen molar-refractivity contribution in [2.24, 2.45) is 0 Å². The lowest BCUT2D eigenvalue weighted by Gasteiger charge is -2.05. The Bertz CT molecular complexity index is 405. The summed E-state index contributed by atoms with van der Waals surface area (Å²) in [6, 6.07) is 4.91. The second-order valence-electron chi connectivity index (χ2n) is 2.64. The Labute approximate surface area is 75.2 Å². The zero-order valence-electron chi connectivity index (χ0n) is 7.03. The number of anilines is 1. The third-order valence-corrected chi connectivity index (χ3v) is 1.79. The van der Waals surface area contributed by atoms with Crippen LogP contribution in [0.15, 0.2) is 12.1 Å². The van der Waals surface area contributed by atoms with Gasteiger partial charge in [0.2, 0.25) is 0 Å². The van der Waals surface area contributed by atoms with E-state index in [2.05, 4.69) is 0 Å². The van der Waals surface area contributed by atoms with Gasteiger partial charge in [-0.3, -0.25) is 0 Å². The fraction of sp³-hybridized carbons (Fsp3) is 0.111. The van der Waals surface area contributed by atoms with Gasteiger partial charge in [-0.05, 0) is 18.6 Å². The minimum atomic E-state index is -1.10. The first-order valence-electron chi connectivity index (χ1n) is 3.60. The number of nitrogen functional groups attached to an aromatic ring is 1. The van der Waals surface area contributed by atoms with Crippen LogP contribution in [0, 0.1) is 18.3 Å². The molecule has 0 aliphatic rings. The summed E-state index contributed by atoms with van der Waals surface area (Å²) >= 11 is 0. The molecule has 0 saturated carbocycles. The molecular formula is C9H8N2O2. The second kappa shape index (κ2) is 3.15. The Balaban J connectivity index is 3.50. The van der Waals surface area contributed by atoms with Crippen molar-refractivity contribution in [3.05, 3.63) is 28.8 Å². The highest BCUT2D eigenvalue weighted by molar-refractivity contribution is 5.96. The van der Waals surface area contributed by atoms with Crippen LogP contribution >= 0.6 is 0 Å². The van der Waals surface area contributed by atoms with Crippen LogP contribution in [0.25, 0.3) is 0 Å². The molecule has 0 radical (unpaired) electrons. The van der Waals surface area contributed by atoms with Crippen molar-refractivity contribution >= 4 is 11.7 Å². The number of aromatic carboxylic acids is 1. The summed E-state index contributed by atoms with van der Waals surface area (Å²) in [6.07, 6.45) is 0. The third-order valence-electron chi connectivity index (χ3n) is 1.79. The third kappa shape index (κ3) is 1.44. The maximum Gasteiger partial charge on any atom is 0.338 e. The Morgan fingerprint density at radius 3 is 2.69 bits per heavy atom. The van der Waals surface area contributed by atoms with E-state index in [1.54, 1.807) is 13.0 Å². The Morgan fingerprint density at radius 2 is 2.23 bits per heavy atom. The predicted molar refractivity (Wildman–Crippen MR) is 47.3 cm³/mol. The number of carboxylic acid groups (broad SMARTS) is 1. The van der Waals surface area contributed by atoms with Crippen LogP contribution in [-0.2, 0) is 0 Å². The highest BCUT2D eigenvalue weighted by Crippen LogP contribution is 2.20. The Hall–Kier alpha value is -2.02. The highest BCUT2D eigenvalue weighted by Gasteiger charge is 2.13. The quantitative estimate of drug-likeness (QED) is 0.628. The van der Waals surface area contributed by atoms with Gasteiger partial charge in [0.1, 0.15) is 6.07 Å². The number of carbonyl (C=O) groups is 1. The van der Waals surface area contributed by atoms with Gasteiger partial charge in [-0.1, -0.05) is 6.07 Å². The lowest BCUT2D eigenvalue weighted by atomic mass is 10.0. The van der Waals surface area contributed by atoms with Crippen LogP contribution in [0.4, 0.5) is 5.69 Å². The van der Waals surface area contributed by atoms with Crippen molar-refractivity contribution in [2.75, 3.05) is 5.73 Å². The molecule has 0 heterocycles. The first kappa shape index (κ1) is 9.07. The number of carboxylic acids is 1. The molecule has 1 aromatic rings. The van der Waals surface area contributed by atoms with Gasteiger partial charge in [-0.2, -0.15) is 5.26 Å². The number of hydrogen-bond acceptors (Lipinski definition) is 3. The largest absolute Gasteiger partial charge is 0.478 e. The number of nitrogens with zero attached hydrogens (tertiary/aromatic N) is 1. The summed E-state index contributed by atoms with van der Waals surface area (Å²) in [5.41, 5.74) is 6.30. The summed E-state index contributed by atoms with van der Waals surface area (Å²) in [6.45, 7) is 1.64. The van der Waals surface area contributed by atoms with Crippen LogP contribution < -0.4 is 5.73 Å². The van der Waals surface area contributed by atoms with Gasteiger partial charge < -0.3 is 10.8 Å². The molecule has 0 saturated heterocycles. The van der Waals surface area contributed by atoms with Crippen molar-refractivity contribution in [2.45, 2.75) is 6.92 Å². The summed E-state index contributed by atoms with van der Waals surface area (Å²) in [5, 5.41) is 17.4. The molecule has 0 bridgehead atoms. The summed E-state index contributed by atoms with van der Waals surface area (Å²) < 4.78 is 0. The van der Waals surface area contributed by atoms with Crippen LogP contribution in [0.3, 0.4) is 0 Å². The molecule has 0 amide bonds. The number of nitriles is 1. The topological polar surface area (TPSA) is 87.1 Å². The number of rotatable bonds is 1. The fourth-order valence-corrected chi connectivity index (χ4v) is 1.11. The van der Waals surface area contributed by atoms with E-state index in [0.29, 0.717) is 5.56 Å². The Kier molecular flexibility index (Phi) is 2.20. The average molecular weight is 176 g/mol. The van der Waals surface area contributed by atoms with Gasteiger partial charge in [0.15, 0.2) is 0 Å². The van der Waals surface area contributed by atoms with E-state index < -0.39 is 5.97 Å². The van der Waals surface area contributed by atoms with Gasteiger partial charge in [0.25, 0.3) is 0 Å². The van der Waals surface area contributed by atoms with Gasteiger partial charge in [-0.15, -0.1) is 0 Å². The van der Waals surface area contributed by atoms with Crippen molar-refractivity contribution in [3.63, 3.8) is 0 Å². The molecule has 0 fully saturated rings. The monoisotopic (exact) mass is 176 g/mol. The molecule has 0 atom stereocenters. The summed E-state index contributed by atoms with van der Waals surface area (Å²) in [7, 11) is 0. The minimum Gasteiger partial charge on any atom is -0.478 e. The zero-order valence-corrected chi connectivity index (χ0v) is 7.03. The van der Waals surface area contributed by atoms with E-state index in [1.165, 1.54) is 6.07 Å².